The Bertz CT molecular complexity index is 1620. The van der Waals surface area contributed by atoms with Crippen LogP contribution in [0.4, 0.5) is 10.1 Å². The van der Waals surface area contributed by atoms with Crippen molar-refractivity contribution in [2.24, 2.45) is 7.05 Å². The van der Waals surface area contributed by atoms with Crippen LogP contribution in [-0.2, 0) is 7.05 Å². The van der Waals surface area contributed by atoms with E-state index in [9.17, 15) is 9.18 Å². The molecule has 0 spiro atoms. The van der Waals surface area contributed by atoms with Crippen LogP contribution in [0.2, 0.25) is 0 Å². The normalized spacial score (nSPS) is 12.1. The summed E-state index contributed by atoms with van der Waals surface area (Å²) in [6.07, 6.45) is 5.50. The van der Waals surface area contributed by atoms with E-state index in [0.29, 0.717) is 39.2 Å². The number of hydrogen-bond donors (Lipinski definition) is 1. The van der Waals surface area contributed by atoms with E-state index in [-0.39, 0.29) is 17.3 Å². The Morgan fingerprint density at radius 3 is 2.63 bits per heavy atom. The predicted octanol–water partition coefficient (Wildman–Crippen LogP) is 6.79. The van der Waals surface area contributed by atoms with Crippen molar-refractivity contribution in [1.82, 2.24) is 9.55 Å². The molecule has 3 aromatic heterocycles. The number of benzene rings is 2. The van der Waals surface area contributed by atoms with Crippen LogP contribution in [0.1, 0.15) is 29.7 Å². The molecule has 0 aliphatic rings. The molecule has 0 fully saturated rings. The minimum atomic E-state index is -0.336. The summed E-state index contributed by atoms with van der Waals surface area (Å²) in [7, 11) is 1.93. The Hall–Kier alpha value is -4.19. The van der Waals surface area contributed by atoms with Crippen molar-refractivity contribution >= 4 is 16.7 Å². The average Bonchev–Trinajstić information content (AvgIpc) is 3.28. The minimum Gasteiger partial charge on any atom is -0.455 e. The molecule has 0 radical (unpaired) electrons. The van der Waals surface area contributed by atoms with Crippen molar-refractivity contribution in [1.29, 1.82) is 0 Å². The second-order valence-electron chi connectivity index (χ2n) is 8.93. The Kier molecular flexibility index (Phi) is 5.73. The lowest BCUT2D eigenvalue weighted by Crippen LogP contribution is -2.13. The van der Waals surface area contributed by atoms with Gasteiger partial charge in [-0.25, -0.2) is 4.39 Å². The number of aromatic nitrogens is 2. The average molecular weight is 468 g/mol. The van der Waals surface area contributed by atoms with Gasteiger partial charge < -0.3 is 14.3 Å². The van der Waals surface area contributed by atoms with Gasteiger partial charge in [0, 0.05) is 47.9 Å². The lowest BCUT2D eigenvalue weighted by molar-refractivity contribution is 0.605. The molecular formula is C29H26FN3O2. The molecule has 0 saturated carbocycles. The summed E-state index contributed by atoms with van der Waals surface area (Å²) < 4.78 is 22.9. The minimum absolute atomic E-state index is 0.0457. The van der Waals surface area contributed by atoms with Crippen molar-refractivity contribution < 1.29 is 8.81 Å². The van der Waals surface area contributed by atoms with E-state index in [1.165, 1.54) is 6.07 Å². The molecular weight excluding hydrogens is 441 g/mol. The Balaban J connectivity index is 1.64. The number of halogens is 1. The largest absolute Gasteiger partial charge is 0.455 e. The highest BCUT2D eigenvalue weighted by Crippen LogP contribution is 2.34. The van der Waals surface area contributed by atoms with Gasteiger partial charge in [-0.3, -0.25) is 9.78 Å². The van der Waals surface area contributed by atoms with Gasteiger partial charge in [0.25, 0.3) is 0 Å². The molecule has 0 saturated heterocycles. The zero-order chi connectivity index (χ0) is 24.7. The van der Waals surface area contributed by atoms with Crippen molar-refractivity contribution in [3.63, 3.8) is 0 Å². The first-order chi connectivity index (χ1) is 16.8. The van der Waals surface area contributed by atoms with Gasteiger partial charge in [-0.05, 0) is 62.7 Å². The molecule has 1 N–H and O–H groups in total. The lowest BCUT2D eigenvalue weighted by Gasteiger charge is -2.20. The van der Waals surface area contributed by atoms with E-state index in [2.05, 4.69) is 10.3 Å². The Morgan fingerprint density at radius 1 is 1.09 bits per heavy atom. The number of nitrogens with zero attached hydrogens (tertiary/aromatic N) is 2. The standard InChI is InChI=1S/C29H26FN3O2/c1-17-14-22(19(3)32-25-10-7-12-31-26(25)21-8-5-6-9-24(21)30)29-23(15-17)27(34)18(2)28(35-29)20-11-13-33(4)16-20/h5-16,19,32H,1-4H3/t19-/m1/s1. The van der Waals surface area contributed by atoms with Crippen molar-refractivity contribution in [2.75, 3.05) is 5.32 Å². The summed E-state index contributed by atoms with van der Waals surface area (Å²) in [5.74, 6) is 0.228. The van der Waals surface area contributed by atoms with E-state index < -0.39 is 0 Å². The van der Waals surface area contributed by atoms with Crippen LogP contribution in [0.15, 0.2) is 82.4 Å². The van der Waals surface area contributed by atoms with Gasteiger partial charge in [-0.15, -0.1) is 0 Å². The van der Waals surface area contributed by atoms with Crippen LogP contribution in [-0.4, -0.2) is 9.55 Å². The fourth-order valence-corrected chi connectivity index (χ4v) is 4.50. The van der Waals surface area contributed by atoms with Crippen molar-refractivity contribution in [2.45, 2.75) is 26.8 Å². The number of fused-ring (bicyclic) bond motifs is 1. The van der Waals surface area contributed by atoms with Gasteiger partial charge in [0.15, 0.2) is 5.43 Å². The summed E-state index contributed by atoms with van der Waals surface area (Å²) in [6, 6.07) is 15.8. The molecule has 3 heterocycles. The maximum absolute atomic E-state index is 14.5. The van der Waals surface area contributed by atoms with Gasteiger partial charge >= 0.3 is 0 Å². The third-order valence-corrected chi connectivity index (χ3v) is 6.26. The first-order valence-electron chi connectivity index (χ1n) is 11.5. The number of rotatable bonds is 5. The summed E-state index contributed by atoms with van der Waals surface area (Å²) in [4.78, 5) is 17.8. The first kappa shape index (κ1) is 22.6. The molecule has 5 rings (SSSR count). The molecule has 5 aromatic rings. The first-order valence-corrected chi connectivity index (χ1v) is 11.5. The maximum atomic E-state index is 14.5. The van der Waals surface area contributed by atoms with Crippen LogP contribution in [0.5, 0.6) is 0 Å². The van der Waals surface area contributed by atoms with E-state index in [4.69, 9.17) is 4.42 Å². The van der Waals surface area contributed by atoms with Gasteiger partial charge in [0.2, 0.25) is 0 Å². The van der Waals surface area contributed by atoms with E-state index in [1.54, 1.807) is 31.3 Å². The summed E-state index contributed by atoms with van der Waals surface area (Å²) in [5.41, 5.74) is 5.37. The molecule has 0 bridgehead atoms. The van der Waals surface area contributed by atoms with E-state index in [1.807, 2.05) is 68.2 Å². The molecule has 0 aliphatic carbocycles. The quantitative estimate of drug-likeness (QED) is 0.309. The summed E-state index contributed by atoms with van der Waals surface area (Å²) in [5, 5.41) is 4.02. The Morgan fingerprint density at radius 2 is 1.89 bits per heavy atom. The molecule has 0 aliphatic heterocycles. The number of hydrogen-bond acceptors (Lipinski definition) is 4. The van der Waals surface area contributed by atoms with Gasteiger partial charge in [0.05, 0.1) is 22.8 Å². The number of nitrogens with one attached hydrogen (secondary N) is 1. The second-order valence-corrected chi connectivity index (χ2v) is 8.93. The van der Waals surface area contributed by atoms with Gasteiger partial charge in [-0.1, -0.05) is 18.2 Å². The molecule has 35 heavy (non-hydrogen) atoms. The zero-order valence-electron chi connectivity index (χ0n) is 20.1. The summed E-state index contributed by atoms with van der Waals surface area (Å²) in [6.45, 7) is 5.76. The molecule has 176 valence electrons. The van der Waals surface area contributed by atoms with Crippen LogP contribution >= 0.6 is 0 Å². The van der Waals surface area contributed by atoms with Crippen LogP contribution < -0.4 is 10.7 Å². The SMILES string of the molecule is Cc1cc([C@@H](C)Nc2cccnc2-c2ccccc2F)c2oc(-c3ccn(C)c3)c(C)c(=O)c2c1. The molecule has 1 atom stereocenters. The van der Waals surface area contributed by atoms with Crippen LogP contribution in [0.25, 0.3) is 33.6 Å². The maximum Gasteiger partial charge on any atom is 0.196 e. The fourth-order valence-electron chi connectivity index (χ4n) is 4.50. The molecule has 0 unspecified atom stereocenters. The third kappa shape index (κ3) is 4.12. The van der Waals surface area contributed by atoms with Crippen molar-refractivity contribution in [3.8, 4) is 22.6 Å². The van der Waals surface area contributed by atoms with E-state index in [0.717, 1.165) is 16.7 Å². The summed E-state index contributed by atoms with van der Waals surface area (Å²) >= 11 is 0. The molecule has 5 nitrogen and oxygen atoms in total. The smallest absolute Gasteiger partial charge is 0.196 e. The van der Waals surface area contributed by atoms with Crippen LogP contribution in [0, 0.1) is 19.7 Å². The topological polar surface area (TPSA) is 60.1 Å². The lowest BCUT2D eigenvalue weighted by atomic mass is 9.99. The highest BCUT2D eigenvalue weighted by Gasteiger charge is 2.20. The second kappa shape index (κ2) is 8.87. The highest BCUT2D eigenvalue weighted by molar-refractivity contribution is 5.85. The third-order valence-electron chi connectivity index (χ3n) is 6.26. The predicted molar refractivity (Wildman–Crippen MR) is 138 cm³/mol. The molecule has 6 heteroatoms. The molecule has 2 aromatic carbocycles. The number of anilines is 1. The van der Waals surface area contributed by atoms with E-state index >= 15 is 0 Å². The number of aryl methyl sites for hydroxylation is 2. The van der Waals surface area contributed by atoms with Gasteiger partial charge in [0.1, 0.15) is 17.2 Å². The van der Waals surface area contributed by atoms with Crippen molar-refractivity contribution in [3.05, 3.63) is 106 Å². The monoisotopic (exact) mass is 467 g/mol. The zero-order valence-corrected chi connectivity index (χ0v) is 20.1. The number of pyridine rings is 1. The Labute approximate surface area is 202 Å². The molecule has 0 amide bonds. The van der Waals surface area contributed by atoms with Gasteiger partial charge in [-0.2, -0.15) is 0 Å². The highest BCUT2D eigenvalue weighted by atomic mass is 19.1. The fraction of sp³-hybridized carbons (Fsp3) is 0.172. The van der Waals surface area contributed by atoms with Crippen LogP contribution in [0.3, 0.4) is 0 Å².